The number of likely N-dealkylation sites (tertiary alicyclic amines) is 1. The van der Waals surface area contributed by atoms with E-state index in [1.54, 1.807) is 17.5 Å². The van der Waals surface area contributed by atoms with Crippen molar-refractivity contribution in [2.45, 2.75) is 137 Å². The Morgan fingerprint density at radius 2 is 1.55 bits per heavy atom. The summed E-state index contributed by atoms with van der Waals surface area (Å²) >= 11 is 1.30. The van der Waals surface area contributed by atoms with E-state index in [2.05, 4.69) is 62.5 Å². The second-order valence-corrected chi connectivity index (χ2v) is 14.8. The average Bonchev–Trinajstić information content (AvgIpc) is 3.53. The Hall–Kier alpha value is -3.54. The zero-order valence-corrected chi connectivity index (χ0v) is 33.0. The minimum Gasteiger partial charge on any atom is -0.346 e. The molecule has 2 aliphatic carbocycles. The van der Waals surface area contributed by atoms with Crippen molar-refractivity contribution >= 4 is 46.7 Å². The molecule has 0 aromatic carbocycles. The second kappa shape index (κ2) is 25.4. The van der Waals surface area contributed by atoms with Crippen molar-refractivity contribution in [1.29, 1.82) is 0 Å². The lowest BCUT2D eigenvalue weighted by Gasteiger charge is -2.30. The predicted octanol–water partition coefficient (Wildman–Crippen LogP) is 5.80. The van der Waals surface area contributed by atoms with Crippen LogP contribution in [-0.4, -0.2) is 78.0 Å². The molecule has 4 N–H and O–H groups in total. The fourth-order valence-corrected chi connectivity index (χ4v) is 6.42. The molecule has 4 rings (SSSR count). The van der Waals surface area contributed by atoms with Gasteiger partial charge in [-0.1, -0.05) is 99.1 Å². The molecule has 2 heterocycles. The van der Waals surface area contributed by atoms with Crippen molar-refractivity contribution in [3.8, 4) is 0 Å². The number of ketones is 1. The molecule has 0 spiro atoms. The second-order valence-electron chi connectivity index (χ2n) is 13.8. The maximum Gasteiger partial charge on any atom is 0.289 e. The summed E-state index contributed by atoms with van der Waals surface area (Å²) < 4.78 is 0. The molecule has 3 unspecified atom stereocenters. The van der Waals surface area contributed by atoms with Gasteiger partial charge in [-0.15, -0.1) is 17.9 Å². The van der Waals surface area contributed by atoms with Crippen LogP contribution in [0, 0.1) is 17.8 Å². The number of amides is 5. The fraction of sp³-hybridized carbons (Fsp3) is 0.692. The topological polar surface area (TPSA) is 154 Å². The monoisotopic (exact) mass is 731 g/mol. The minimum atomic E-state index is -0.963. The van der Waals surface area contributed by atoms with E-state index in [9.17, 15) is 28.8 Å². The number of thiophene rings is 1. The highest BCUT2D eigenvalue weighted by Gasteiger charge is 2.39. The maximum atomic E-state index is 13.3. The first kappa shape index (κ1) is 45.5. The van der Waals surface area contributed by atoms with Crippen LogP contribution < -0.4 is 21.3 Å². The molecule has 288 valence electrons. The van der Waals surface area contributed by atoms with Gasteiger partial charge in [0.15, 0.2) is 0 Å². The molecule has 3 aliphatic rings. The van der Waals surface area contributed by atoms with Gasteiger partial charge in [-0.05, 0) is 61.3 Å². The number of carbonyl (C=O) groups excluding carboxylic acids is 6. The van der Waals surface area contributed by atoms with Gasteiger partial charge in [-0.2, -0.15) is 0 Å². The third-order valence-corrected chi connectivity index (χ3v) is 9.12. The van der Waals surface area contributed by atoms with E-state index in [1.165, 1.54) is 28.7 Å². The highest BCUT2D eigenvalue weighted by molar-refractivity contribution is 7.12. The van der Waals surface area contributed by atoms with E-state index in [0.29, 0.717) is 30.7 Å². The molecule has 3 atom stereocenters. The van der Waals surface area contributed by atoms with Crippen molar-refractivity contribution in [1.82, 2.24) is 26.2 Å². The molecular weight excluding hydrogens is 667 g/mol. The van der Waals surface area contributed by atoms with Gasteiger partial charge in [0.2, 0.25) is 23.5 Å². The molecule has 3 fully saturated rings. The quantitative estimate of drug-likeness (QED) is 0.140. The van der Waals surface area contributed by atoms with E-state index in [4.69, 9.17) is 0 Å². The van der Waals surface area contributed by atoms with Crippen LogP contribution in [0.4, 0.5) is 0 Å². The molecule has 51 heavy (non-hydrogen) atoms. The Kier molecular flexibility index (Phi) is 22.7. The summed E-state index contributed by atoms with van der Waals surface area (Å²) in [7, 11) is 0. The molecule has 1 aliphatic heterocycles. The van der Waals surface area contributed by atoms with Crippen molar-refractivity contribution in [3.63, 3.8) is 0 Å². The third-order valence-electron chi connectivity index (χ3n) is 8.25. The lowest BCUT2D eigenvalue weighted by molar-refractivity contribution is -0.142. The van der Waals surface area contributed by atoms with Gasteiger partial charge in [0.1, 0.15) is 12.1 Å². The van der Waals surface area contributed by atoms with Crippen molar-refractivity contribution in [3.05, 3.63) is 35.0 Å². The smallest absolute Gasteiger partial charge is 0.289 e. The first-order chi connectivity index (χ1) is 24.4. The number of hydrogen-bond acceptors (Lipinski definition) is 7. The summed E-state index contributed by atoms with van der Waals surface area (Å²) in [5, 5.41) is 12.6. The lowest BCUT2D eigenvalue weighted by Crippen LogP contribution is -2.55. The minimum absolute atomic E-state index is 0.0207. The van der Waals surface area contributed by atoms with Gasteiger partial charge < -0.3 is 26.2 Å². The number of carbonyl (C=O) groups is 6. The molecule has 11 nitrogen and oxygen atoms in total. The molecule has 2 saturated carbocycles. The molecular formula is C39H65N5O6S. The summed E-state index contributed by atoms with van der Waals surface area (Å²) in [4.78, 5) is 79.5. The van der Waals surface area contributed by atoms with Gasteiger partial charge >= 0.3 is 0 Å². The lowest BCUT2D eigenvalue weighted by atomic mass is 9.83. The molecule has 5 amide bonds. The zero-order chi connectivity index (χ0) is 38.3. The largest absolute Gasteiger partial charge is 0.346 e. The summed E-state index contributed by atoms with van der Waals surface area (Å²) in [6.45, 7) is 18.5. The van der Waals surface area contributed by atoms with Crippen LogP contribution >= 0.6 is 11.3 Å². The molecule has 12 heteroatoms. The van der Waals surface area contributed by atoms with Crippen LogP contribution in [0.3, 0.4) is 0 Å². The van der Waals surface area contributed by atoms with Crippen LogP contribution in [0.1, 0.15) is 129 Å². The van der Waals surface area contributed by atoms with Crippen LogP contribution in [0.25, 0.3) is 0 Å². The Balaban J connectivity index is 0.00000131. The number of nitrogens with one attached hydrogen (secondary N) is 4. The molecule has 1 saturated heterocycles. The molecule has 0 radical (unpaired) electrons. The first-order valence-electron chi connectivity index (χ1n) is 19.1. The highest BCUT2D eigenvalue weighted by Crippen LogP contribution is 2.34. The Morgan fingerprint density at radius 3 is 2.10 bits per heavy atom. The van der Waals surface area contributed by atoms with Gasteiger partial charge in [-0.3, -0.25) is 28.8 Å². The van der Waals surface area contributed by atoms with Gasteiger partial charge in [0.25, 0.3) is 11.8 Å². The first-order valence-corrected chi connectivity index (χ1v) is 20.0. The van der Waals surface area contributed by atoms with Crippen LogP contribution in [0.2, 0.25) is 0 Å². The van der Waals surface area contributed by atoms with Crippen molar-refractivity contribution in [2.75, 3.05) is 19.6 Å². The Labute approximate surface area is 310 Å². The van der Waals surface area contributed by atoms with E-state index in [1.807, 2.05) is 13.8 Å². The van der Waals surface area contributed by atoms with E-state index in [0.717, 1.165) is 50.9 Å². The summed E-state index contributed by atoms with van der Waals surface area (Å²) in [6.07, 6.45) is 10.7. The number of Topliss-reactive ketones (excluding diaryl/α,β-unsaturated/α-hetero) is 1. The SMILES string of the molecule is C=CCNC(=O)C(=O)C(CC1CC1)NC(=O)C1CCCN1C(=O)CNC(=O)C(NC(=O)c1cccs1)C1CCCCC1.CC.CC(C)C.CCC. The average molecular weight is 732 g/mol. The number of hydrogen-bond donors (Lipinski definition) is 4. The predicted molar refractivity (Wildman–Crippen MR) is 205 cm³/mol. The van der Waals surface area contributed by atoms with Gasteiger partial charge in [-0.25, -0.2) is 0 Å². The van der Waals surface area contributed by atoms with Crippen LogP contribution in [0.15, 0.2) is 30.2 Å². The standard InChI is InChI=1S/C30H41N5O6S.C4H10.C3H8.C2H6/c1-2-14-31-30(41)26(37)21(17-19-12-13-19)33-27(38)22-10-6-15-35(22)24(36)18-32-29(40)25(20-8-4-3-5-9-20)34-28(39)23-11-7-16-42-23;1-4(2)3;1-3-2;1-2/h2,7,11,16,19-22,25H,1,3-6,8-10,12-15,17-18H2,(H,31,41)(H,32,40)(H,33,38)(H,34,39);4H,1-3H3;3H2,1-2H3;1-2H3. The van der Waals surface area contributed by atoms with Gasteiger partial charge in [0, 0.05) is 13.1 Å². The van der Waals surface area contributed by atoms with Crippen LogP contribution in [-0.2, 0) is 24.0 Å². The highest BCUT2D eigenvalue weighted by atomic mass is 32.1. The summed E-state index contributed by atoms with van der Waals surface area (Å²) in [5.41, 5.74) is 0. The molecule has 1 aromatic rings. The van der Waals surface area contributed by atoms with Crippen LogP contribution in [0.5, 0.6) is 0 Å². The Bertz CT molecular complexity index is 1220. The van der Waals surface area contributed by atoms with Crippen molar-refractivity contribution in [2.24, 2.45) is 17.8 Å². The van der Waals surface area contributed by atoms with Crippen molar-refractivity contribution < 1.29 is 28.8 Å². The number of rotatable bonds is 14. The van der Waals surface area contributed by atoms with Gasteiger partial charge in [0.05, 0.1) is 17.5 Å². The number of nitrogens with zero attached hydrogens (tertiary/aromatic N) is 1. The fourth-order valence-electron chi connectivity index (χ4n) is 5.79. The normalized spacial score (nSPS) is 17.8. The summed E-state index contributed by atoms with van der Waals surface area (Å²) in [5.74, 6) is -2.02. The van der Waals surface area contributed by atoms with E-state index >= 15 is 0 Å². The Morgan fingerprint density at radius 1 is 0.922 bits per heavy atom. The zero-order valence-electron chi connectivity index (χ0n) is 32.2. The third kappa shape index (κ3) is 17.0. The summed E-state index contributed by atoms with van der Waals surface area (Å²) in [6, 6.07) is 0.960. The maximum absolute atomic E-state index is 13.3. The molecule has 1 aromatic heterocycles. The molecule has 0 bridgehead atoms. The van der Waals surface area contributed by atoms with E-state index < -0.39 is 47.5 Å². The van der Waals surface area contributed by atoms with E-state index in [-0.39, 0.29) is 30.8 Å².